The minimum atomic E-state index is -0.0473. The van der Waals surface area contributed by atoms with E-state index in [1.165, 1.54) is 25.3 Å². The Kier molecular flexibility index (Phi) is 7.75. The fourth-order valence-corrected chi connectivity index (χ4v) is 3.47. The minimum absolute atomic E-state index is 0.0473. The molecule has 1 aliphatic rings. The summed E-state index contributed by atoms with van der Waals surface area (Å²) in [5, 5.41) is 0.748. The lowest BCUT2D eigenvalue weighted by molar-refractivity contribution is -0.143. The van der Waals surface area contributed by atoms with Crippen LogP contribution >= 0.6 is 11.8 Å². The predicted octanol–water partition coefficient (Wildman–Crippen LogP) is 2.94. The summed E-state index contributed by atoms with van der Waals surface area (Å²) in [6.45, 7) is 9.40. The van der Waals surface area contributed by atoms with Gasteiger partial charge < -0.3 is 4.74 Å². The molecule has 0 saturated carbocycles. The summed E-state index contributed by atoms with van der Waals surface area (Å²) < 4.78 is 4.92. The van der Waals surface area contributed by atoms with Crippen LogP contribution in [0.15, 0.2) is 0 Å². The zero-order chi connectivity index (χ0) is 13.4. The Morgan fingerprint density at radius 1 is 1.33 bits per heavy atom. The molecule has 0 aromatic carbocycles. The number of rotatable bonds is 7. The summed E-state index contributed by atoms with van der Waals surface area (Å²) in [5.41, 5.74) is 0. The van der Waals surface area contributed by atoms with Crippen molar-refractivity contribution in [3.05, 3.63) is 0 Å². The van der Waals surface area contributed by atoms with Crippen molar-refractivity contribution in [1.29, 1.82) is 0 Å². The van der Waals surface area contributed by atoms with E-state index in [0.717, 1.165) is 18.1 Å². The molecule has 1 heterocycles. The highest BCUT2D eigenvalue weighted by Gasteiger charge is 2.24. The van der Waals surface area contributed by atoms with Gasteiger partial charge in [-0.25, -0.2) is 0 Å². The van der Waals surface area contributed by atoms with Crippen molar-refractivity contribution >= 4 is 17.7 Å². The van der Waals surface area contributed by atoms with E-state index >= 15 is 0 Å². The molecule has 0 aromatic heterocycles. The van der Waals surface area contributed by atoms with Gasteiger partial charge in [-0.2, -0.15) is 11.8 Å². The third kappa shape index (κ3) is 5.61. The number of thioether (sulfide) groups is 1. The molecule has 1 fully saturated rings. The molecule has 4 heteroatoms. The first-order chi connectivity index (χ1) is 8.65. The maximum atomic E-state index is 11.2. The van der Waals surface area contributed by atoms with Gasteiger partial charge in [0, 0.05) is 30.0 Å². The smallest absolute Gasteiger partial charge is 0.305 e. The number of ether oxygens (including phenoxy) is 1. The summed E-state index contributed by atoms with van der Waals surface area (Å²) >= 11 is 2.08. The fourth-order valence-electron chi connectivity index (χ4n) is 2.31. The second-order valence-electron chi connectivity index (χ2n) is 4.97. The van der Waals surface area contributed by atoms with Crippen LogP contribution in [-0.4, -0.2) is 47.6 Å². The van der Waals surface area contributed by atoms with E-state index in [1.807, 2.05) is 6.92 Å². The molecule has 1 saturated heterocycles. The topological polar surface area (TPSA) is 29.5 Å². The van der Waals surface area contributed by atoms with Crippen molar-refractivity contribution < 1.29 is 9.53 Å². The highest BCUT2D eigenvalue weighted by atomic mass is 32.2. The summed E-state index contributed by atoms with van der Waals surface area (Å²) in [6.07, 6.45) is 3.87. The molecule has 0 aliphatic carbocycles. The first kappa shape index (κ1) is 15.8. The quantitative estimate of drug-likeness (QED) is 0.527. The van der Waals surface area contributed by atoms with E-state index < -0.39 is 0 Å². The Balaban J connectivity index is 2.05. The highest BCUT2D eigenvalue weighted by molar-refractivity contribution is 8.00. The molecule has 2 atom stereocenters. The Labute approximate surface area is 116 Å². The standard InChI is InChI=1S/C14H27NO2S/c1-4-17-14(16)8-6-5-7-9-15-10-11-18-13(3)12(15)2/h12-13H,4-11H2,1-3H3. The summed E-state index contributed by atoms with van der Waals surface area (Å²) in [7, 11) is 0. The summed E-state index contributed by atoms with van der Waals surface area (Å²) in [6, 6.07) is 0.689. The second-order valence-corrected chi connectivity index (χ2v) is 6.45. The van der Waals surface area contributed by atoms with Crippen LogP contribution in [0.2, 0.25) is 0 Å². The van der Waals surface area contributed by atoms with Crippen molar-refractivity contribution in [3.8, 4) is 0 Å². The van der Waals surface area contributed by atoms with Crippen molar-refractivity contribution in [2.75, 3.05) is 25.4 Å². The number of carbonyl (C=O) groups excluding carboxylic acids is 1. The normalized spacial score (nSPS) is 25.1. The largest absolute Gasteiger partial charge is 0.466 e. The molecule has 1 rings (SSSR count). The maximum absolute atomic E-state index is 11.2. The first-order valence-electron chi connectivity index (χ1n) is 7.16. The Morgan fingerprint density at radius 3 is 2.83 bits per heavy atom. The number of unbranched alkanes of at least 4 members (excludes halogenated alkanes) is 2. The van der Waals surface area contributed by atoms with Crippen LogP contribution in [0.5, 0.6) is 0 Å². The van der Waals surface area contributed by atoms with Crippen LogP contribution < -0.4 is 0 Å². The lowest BCUT2D eigenvalue weighted by atomic mass is 10.1. The van der Waals surface area contributed by atoms with E-state index in [1.54, 1.807) is 0 Å². The monoisotopic (exact) mass is 273 g/mol. The van der Waals surface area contributed by atoms with Crippen LogP contribution in [0.25, 0.3) is 0 Å². The van der Waals surface area contributed by atoms with Crippen LogP contribution in [-0.2, 0) is 9.53 Å². The van der Waals surface area contributed by atoms with E-state index in [9.17, 15) is 4.79 Å². The fraction of sp³-hybridized carbons (Fsp3) is 0.929. The third-order valence-electron chi connectivity index (χ3n) is 3.65. The van der Waals surface area contributed by atoms with Crippen LogP contribution in [0, 0.1) is 0 Å². The molecule has 18 heavy (non-hydrogen) atoms. The van der Waals surface area contributed by atoms with Crippen molar-refractivity contribution in [1.82, 2.24) is 4.90 Å². The van der Waals surface area contributed by atoms with E-state index in [0.29, 0.717) is 19.1 Å². The average Bonchev–Trinajstić information content (AvgIpc) is 2.34. The Hall–Kier alpha value is -0.220. The van der Waals surface area contributed by atoms with Gasteiger partial charge in [-0.15, -0.1) is 0 Å². The molecular formula is C14H27NO2S. The predicted molar refractivity (Wildman–Crippen MR) is 78.1 cm³/mol. The zero-order valence-electron chi connectivity index (χ0n) is 12.0. The second kappa shape index (κ2) is 8.81. The van der Waals surface area contributed by atoms with Crippen molar-refractivity contribution in [2.24, 2.45) is 0 Å². The van der Waals surface area contributed by atoms with E-state index in [2.05, 4.69) is 30.5 Å². The molecule has 2 unspecified atom stereocenters. The van der Waals surface area contributed by atoms with E-state index in [4.69, 9.17) is 4.74 Å². The number of carbonyl (C=O) groups is 1. The summed E-state index contributed by atoms with van der Waals surface area (Å²) in [5.74, 6) is 1.21. The van der Waals surface area contributed by atoms with Gasteiger partial charge in [0.05, 0.1) is 6.61 Å². The number of hydrogen-bond acceptors (Lipinski definition) is 4. The highest BCUT2D eigenvalue weighted by Crippen LogP contribution is 2.24. The number of esters is 1. The maximum Gasteiger partial charge on any atom is 0.305 e. The Bertz CT molecular complexity index is 248. The Morgan fingerprint density at radius 2 is 2.11 bits per heavy atom. The zero-order valence-corrected chi connectivity index (χ0v) is 12.8. The van der Waals surface area contributed by atoms with E-state index in [-0.39, 0.29) is 5.97 Å². The molecule has 3 nitrogen and oxygen atoms in total. The van der Waals surface area contributed by atoms with Gasteiger partial charge in [0.2, 0.25) is 0 Å². The van der Waals surface area contributed by atoms with Gasteiger partial charge in [-0.05, 0) is 33.2 Å². The van der Waals surface area contributed by atoms with Gasteiger partial charge in [0.25, 0.3) is 0 Å². The molecule has 0 aromatic rings. The molecule has 0 amide bonds. The first-order valence-corrected chi connectivity index (χ1v) is 8.21. The van der Waals surface area contributed by atoms with Gasteiger partial charge in [-0.3, -0.25) is 9.69 Å². The molecule has 0 N–H and O–H groups in total. The molecule has 1 aliphatic heterocycles. The molecule has 0 radical (unpaired) electrons. The number of nitrogens with zero attached hydrogens (tertiary/aromatic N) is 1. The van der Waals surface area contributed by atoms with Crippen molar-refractivity contribution in [2.45, 2.75) is 57.7 Å². The molecular weight excluding hydrogens is 246 g/mol. The summed E-state index contributed by atoms with van der Waals surface area (Å²) in [4.78, 5) is 13.8. The molecule has 0 spiro atoms. The van der Waals surface area contributed by atoms with Gasteiger partial charge in [0.1, 0.15) is 0 Å². The lowest BCUT2D eigenvalue weighted by Crippen LogP contribution is -2.44. The average molecular weight is 273 g/mol. The third-order valence-corrected chi connectivity index (χ3v) is 4.98. The molecule has 106 valence electrons. The van der Waals surface area contributed by atoms with Crippen LogP contribution in [0.1, 0.15) is 46.5 Å². The minimum Gasteiger partial charge on any atom is -0.466 e. The van der Waals surface area contributed by atoms with Crippen molar-refractivity contribution in [3.63, 3.8) is 0 Å². The molecule has 0 bridgehead atoms. The lowest BCUT2D eigenvalue weighted by Gasteiger charge is -2.37. The SMILES string of the molecule is CCOC(=O)CCCCCN1CCSC(C)C1C. The van der Waals surface area contributed by atoms with Gasteiger partial charge >= 0.3 is 5.97 Å². The van der Waals surface area contributed by atoms with Crippen LogP contribution in [0.3, 0.4) is 0 Å². The van der Waals surface area contributed by atoms with Crippen LogP contribution in [0.4, 0.5) is 0 Å². The van der Waals surface area contributed by atoms with Gasteiger partial charge in [-0.1, -0.05) is 13.3 Å². The van der Waals surface area contributed by atoms with Gasteiger partial charge in [0.15, 0.2) is 0 Å². The number of hydrogen-bond donors (Lipinski definition) is 0.